The third kappa shape index (κ3) is 6.87. The van der Waals surface area contributed by atoms with E-state index in [-0.39, 0.29) is 0 Å². The Morgan fingerprint density at radius 1 is 1.06 bits per heavy atom. The maximum Gasteiger partial charge on any atom is 0.0700 e. The number of ether oxygens (including phenoxy) is 2. The predicted octanol–water partition coefficient (Wildman–Crippen LogP) is 4.02. The van der Waals surface area contributed by atoms with Crippen molar-refractivity contribution in [1.29, 1.82) is 0 Å². The Bertz CT molecular complexity index is 147. The normalized spacial score (nSPS) is 15.0. The predicted molar refractivity (Wildman–Crippen MR) is 73.4 cm³/mol. The van der Waals surface area contributed by atoms with Gasteiger partial charge in [0, 0.05) is 19.0 Å². The van der Waals surface area contributed by atoms with Gasteiger partial charge in [-0.1, -0.05) is 42.6 Å². The van der Waals surface area contributed by atoms with Crippen molar-refractivity contribution in [3.8, 4) is 0 Å². The van der Waals surface area contributed by atoms with Crippen LogP contribution in [0.1, 0.15) is 46.0 Å². The molecule has 0 aliphatic carbocycles. The van der Waals surface area contributed by atoms with Gasteiger partial charge in [-0.15, -0.1) is 0 Å². The molecule has 2 nitrogen and oxygen atoms in total. The lowest BCUT2D eigenvalue weighted by Gasteiger charge is -2.30. The van der Waals surface area contributed by atoms with Crippen LogP contribution in [-0.2, 0) is 9.47 Å². The average Bonchev–Trinajstić information content (AvgIpc) is 2.33. The second-order valence-corrected chi connectivity index (χ2v) is 5.01. The van der Waals surface area contributed by atoms with E-state index in [1.54, 1.807) is 7.11 Å². The van der Waals surface area contributed by atoms with Crippen LogP contribution in [-0.4, -0.2) is 32.3 Å². The highest BCUT2D eigenvalue weighted by molar-refractivity contribution is 9.09. The largest absolute Gasteiger partial charge is 0.382 e. The van der Waals surface area contributed by atoms with E-state index in [2.05, 4.69) is 29.8 Å². The standard InChI is InChI=1S/C13H27BrO2/c1-4-6-7-13(5-2,12-14)8-9-16-11-10-15-3/h4-12H2,1-3H3. The van der Waals surface area contributed by atoms with E-state index in [0.29, 0.717) is 18.6 Å². The molecule has 3 heteroatoms. The van der Waals surface area contributed by atoms with E-state index in [4.69, 9.17) is 9.47 Å². The molecule has 0 aromatic rings. The summed E-state index contributed by atoms with van der Waals surface area (Å²) in [4.78, 5) is 0. The quantitative estimate of drug-likeness (QED) is 0.423. The average molecular weight is 295 g/mol. The molecule has 1 unspecified atom stereocenters. The summed E-state index contributed by atoms with van der Waals surface area (Å²) in [6.07, 6.45) is 6.28. The highest BCUT2D eigenvalue weighted by Crippen LogP contribution is 2.34. The molecule has 0 saturated heterocycles. The molecule has 0 N–H and O–H groups in total. The Hall–Kier alpha value is 0.400. The zero-order chi connectivity index (χ0) is 12.3. The van der Waals surface area contributed by atoms with Gasteiger partial charge < -0.3 is 9.47 Å². The Labute approximate surface area is 109 Å². The van der Waals surface area contributed by atoms with Crippen LogP contribution in [0.25, 0.3) is 0 Å². The number of hydrogen-bond donors (Lipinski definition) is 0. The molecule has 0 aromatic carbocycles. The van der Waals surface area contributed by atoms with Gasteiger partial charge in [0.15, 0.2) is 0 Å². The minimum atomic E-state index is 0.434. The lowest BCUT2D eigenvalue weighted by Crippen LogP contribution is -2.24. The molecule has 0 radical (unpaired) electrons. The molecule has 0 aliphatic heterocycles. The van der Waals surface area contributed by atoms with Gasteiger partial charge in [-0.2, -0.15) is 0 Å². The third-order valence-electron chi connectivity index (χ3n) is 3.30. The lowest BCUT2D eigenvalue weighted by molar-refractivity contribution is 0.0519. The van der Waals surface area contributed by atoms with Crippen LogP contribution in [0.15, 0.2) is 0 Å². The molecule has 1 atom stereocenters. The van der Waals surface area contributed by atoms with E-state index < -0.39 is 0 Å². The van der Waals surface area contributed by atoms with Crippen molar-refractivity contribution in [3.05, 3.63) is 0 Å². The van der Waals surface area contributed by atoms with Gasteiger partial charge in [0.25, 0.3) is 0 Å². The van der Waals surface area contributed by atoms with Gasteiger partial charge in [0.05, 0.1) is 13.2 Å². The molecular weight excluding hydrogens is 268 g/mol. The fraction of sp³-hybridized carbons (Fsp3) is 1.00. The molecule has 0 heterocycles. The zero-order valence-corrected chi connectivity index (χ0v) is 12.6. The van der Waals surface area contributed by atoms with E-state index in [9.17, 15) is 0 Å². The Balaban J connectivity index is 3.82. The lowest BCUT2D eigenvalue weighted by atomic mass is 9.79. The van der Waals surface area contributed by atoms with Crippen molar-refractivity contribution in [2.75, 3.05) is 32.3 Å². The first-order chi connectivity index (χ1) is 7.74. The molecule has 0 bridgehead atoms. The smallest absolute Gasteiger partial charge is 0.0700 e. The molecule has 16 heavy (non-hydrogen) atoms. The van der Waals surface area contributed by atoms with Crippen molar-refractivity contribution in [3.63, 3.8) is 0 Å². The molecular formula is C13H27BrO2. The summed E-state index contributed by atoms with van der Waals surface area (Å²) in [7, 11) is 1.71. The highest BCUT2D eigenvalue weighted by Gasteiger charge is 2.25. The van der Waals surface area contributed by atoms with Crippen LogP contribution in [0.2, 0.25) is 0 Å². The SMILES string of the molecule is CCCCC(CC)(CBr)CCOCCOC. The van der Waals surface area contributed by atoms with E-state index in [0.717, 1.165) is 18.4 Å². The van der Waals surface area contributed by atoms with Crippen molar-refractivity contribution in [1.82, 2.24) is 0 Å². The summed E-state index contributed by atoms with van der Waals surface area (Å²) in [5.74, 6) is 0. The first kappa shape index (κ1) is 16.4. The van der Waals surface area contributed by atoms with Crippen LogP contribution >= 0.6 is 15.9 Å². The number of hydrogen-bond acceptors (Lipinski definition) is 2. The van der Waals surface area contributed by atoms with Gasteiger partial charge in [-0.3, -0.25) is 0 Å². The first-order valence-electron chi connectivity index (χ1n) is 6.37. The maximum atomic E-state index is 5.57. The fourth-order valence-electron chi connectivity index (χ4n) is 1.79. The van der Waals surface area contributed by atoms with E-state index in [1.807, 2.05) is 0 Å². The number of rotatable bonds is 11. The van der Waals surface area contributed by atoms with E-state index >= 15 is 0 Å². The molecule has 0 aromatic heterocycles. The van der Waals surface area contributed by atoms with Crippen molar-refractivity contribution < 1.29 is 9.47 Å². The number of alkyl halides is 1. The van der Waals surface area contributed by atoms with Gasteiger partial charge in [0.2, 0.25) is 0 Å². The second kappa shape index (κ2) is 10.5. The fourth-order valence-corrected chi connectivity index (χ4v) is 2.75. The minimum Gasteiger partial charge on any atom is -0.382 e. The molecule has 0 spiro atoms. The number of halogens is 1. The van der Waals surface area contributed by atoms with Crippen LogP contribution in [0.4, 0.5) is 0 Å². The topological polar surface area (TPSA) is 18.5 Å². The maximum absolute atomic E-state index is 5.57. The summed E-state index contributed by atoms with van der Waals surface area (Å²) in [6, 6.07) is 0. The summed E-state index contributed by atoms with van der Waals surface area (Å²) in [5, 5.41) is 1.09. The number of unbranched alkanes of at least 4 members (excludes halogenated alkanes) is 1. The minimum absolute atomic E-state index is 0.434. The molecule has 0 fully saturated rings. The van der Waals surface area contributed by atoms with Crippen LogP contribution in [0.3, 0.4) is 0 Å². The van der Waals surface area contributed by atoms with Gasteiger partial charge in [0.1, 0.15) is 0 Å². The van der Waals surface area contributed by atoms with E-state index in [1.165, 1.54) is 25.7 Å². The van der Waals surface area contributed by atoms with Crippen molar-refractivity contribution >= 4 is 15.9 Å². The first-order valence-corrected chi connectivity index (χ1v) is 7.49. The van der Waals surface area contributed by atoms with Gasteiger partial charge in [-0.05, 0) is 24.7 Å². The molecule has 0 rings (SSSR count). The summed E-state index contributed by atoms with van der Waals surface area (Å²) in [6.45, 7) is 6.80. The number of methoxy groups -OCH3 is 1. The van der Waals surface area contributed by atoms with Crippen molar-refractivity contribution in [2.45, 2.75) is 46.0 Å². The molecule has 98 valence electrons. The van der Waals surface area contributed by atoms with Crippen LogP contribution in [0.5, 0.6) is 0 Å². The van der Waals surface area contributed by atoms with Gasteiger partial charge >= 0.3 is 0 Å². The third-order valence-corrected chi connectivity index (χ3v) is 4.49. The summed E-state index contributed by atoms with van der Waals surface area (Å²) >= 11 is 3.67. The zero-order valence-electron chi connectivity index (χ0n) is 11.1. The molecule has 0 saturated carbocycles. The highest BCUT2D eigenvalue weighted by atomic mass is 79.9. The molecule has 0 amide bonds. The van der Waals surface area contributed by atoms with Crippen LogP contribution < -0.4 is 0 Å². The Morgan fingerprint density at radius 3 is 2.31 bits per heavy atom. The Morgan fingerprint density at radius 2 is 1.81 bits per heavy atom. The van der Waals surface area contributed by atoms with Crippen LogP contribution in [0, 0.1) is 5.41 Å². The molecule has 0 aliphatic rings. The second-order valence-electron chi connectivity index (χ2n) is 4.45. The summed E-state index contributed by atoms with van der Waals surface area (Å²) < 4.78 is 10.5. The summed E-state index contributed by atoms with van der Waals surface area (Å²) in [5.41, 5.74) is 0.434. The van der Waals surface area contributed by atoms with Crippen molar-refractivity contribution in [2.24, 2.45) is 5.41 Å². The Kier molecular flexibility index (Phi) is 10.8. The van der Waals surface area contributed by atoms with Gasteiger partial charge in [-0.25, -0.2) is 0 Å². The monoisotopic (exact) mass is 294 g/mol.